The van der Waals surface area contributed by atoms with Gasteiger partial charge in [-0.2, -0.15) is 10.5 Å². The zero-order chi connectivity index (χ0) is 16.3. The van der Waals surface area contributed by atoms with Crippen LogP contribution in [0, 0.1) is 22.7 Å². The van der Waals surface area contributed by atoms with Crippen molar-refractivity contribution >= 4 is 11.8 Å². The molecule has 1 heterocycles. The molecule has 0 aromatic heterocycles. The maximum atomic E-state index is 9.41. The van der Waals surface area contributed by atoms with Crippen LogP contribution in [-0.2, 0) is 0 Å². The van der Waals surface area contributed by atoms with Crippen molar-refractivity contribution in [2.75, 3.05) is 14.2 Å². The Morgan fingerprint density at radius 1 is 1.05 bits per heavy atom. The van der Waals surface area contributed by atoms with Crippen LogP contribution in [0.2, 0.25) is 0 Å². The van der Waals surface area contributed by atoms with E-state index in [1.54, 1.807) is 32.4 Å². The van der Waals surface area contributed by atoms with Crippen LogP contribution in [0.25, 0.3) is 0 Å². The number of nitrogens with zero attached hydrogens (tertiary/aromatic N) is 2. The average Bonchev–Trinajstić information content (AvgIpc) is 2.54. The van der Waals surface area contributed by atoms with Gasteiger partial charge in [0.2, 0.25) is 0 Å². The molecule has 0 spiro atoms. The lowest BCUT2D eigenvalue weighted by Gasteiger charge is -2.24. The summed E-state index contributed by atoms with van der Waals surface area (Å²) in [5.74, 6) is 1.19. The fourth-order valence-electron chi connectivity index (χ4n) is 2.10. The van der Waals surface area contributed by atoms with Gasteiger partial charge in [0.05, 0.1) is 41.8 Å². The molecule has 7 heteroatoms. The van der Waals surface area contributed by atoms with Gasteiger partial charge in [-0.15, -0.1) is 0 Å². The molecule has 112 valence electrons. The summed E-state index contributed by atoms with van der Waals surface area (Å²) >= 11 is 1.21. The Morgan fingerprint density at radius 3 is 2.09 bits per heavy atom. The van der Waals surface area contributed by atoms with Crippen molar-refractivity contribution in [3.8, 4) is 23.6 Å². The van der Waals surface area contributed by atoms with E-state index in [0.717, 1.165) is 5.56 Å². The fourth-order valence-corrected chi connectivity index (χ4v) is 3.20. The maximum Gasteiger partial charge on any atom is 0.122 e. The monoisotopic (exact) mass is 314 g/mol. The van der Waals surface area contributed by atoms with Gasteiger partial charge in [-0.1, -0.05) is 11.8 Å². The molecule has 4 N–H and O–H groups in total. The molecule has 0 amide bonds. The largest absolute Gasteiger partial charge is 0.497 e. The lowest BCUT2D eigenvalue weighted by atomic mass is 10.00. The molecular weight excluding hydrogens is 300 g/mol. The Balaban J connectivity index is 2.58. The Bertz CT molecular complexity index is 734. The summed E-state index contributed by atoms with van der Waals surface area (Å²) in [6, 6.07) is 9.32. The van der Waals surface area contributed by atoms with Crippen molar-refractivity contribution in [1.29, 1.82) is 10.5 Å². The van der Waals surface area contributed by atoms with Crippen molar-refractivity contribution in [3.63, 3.8) is 0 Å². The Morgan fingerprint density at radius 2 is 1.64 bits per heavy atom. The molecule has 1 aliphatic heterocycles. The molecule has 0 saturated heterocycles. The number of nitriles is 2. The molecular formula is C15H14N4O2S. The minimum absolute atomic E-state index is 0.119. The third-order valence-electron chi connectivity index (χ3n) is 3.22. The van der Waals surface area contributed by atoms with Gasteiger partial charge in [0.25, 0.3) is 0 Å². The second-order valence-corrected chi connectivity index (χ2v) is 5.58. The second kappa shape index (κ2) is 6.33. The first-order valence-corrected chi connectivity index (χ1v) is 7.13. The standard InChI is InChI=1S/C15H14N4O2S/c1-20-9-3-8(4-10(5-9)21-2)14-11(6-16)13(18)12(7-17)15(19)22-14/h3-5,14H,18-19H2,1-2H3/t14-/m0/s1. The van der Waals surface area contributed by atoms with E-state index >= 15 is 0 Å². The molecule has 0 bridgehead atoms. The van der Waals surface area contributed by atoms with E-state index in [0.29, 0.717) is 22.1 Å². The van der Waals surface area contributed by atoms with Gasteiger partial charge in [0.1, 0.15) is 23.1 Å². The molecule has 22 heavy (non-hydrogen) atoms. The minimum Gasteiger partial charge on any atom is -0.497 e. The van der Waals surface area contributed by atoms with Crippen LogP contribution in [0.3, 0.4) is 0 Å². The SMILES string of the molecule is COc1cc(OC)cc([C@@H]2SC(N)=C(C#N)C(N)=C2C#N)c1. The highest BCUT2D eigenvalue weighted by Crippen LogP contribution is 2.46. The molecule has 0 aliphatic carbocycles. The molecule has 0 fully saturated rings. The number of allylic oxidation sites excluding steroid dienone is 1. The molecule has 1 atom stereocenters. The van der Waals surface area contributed by atoms with Crippen LogP contribution in [0.4, 0.5) is 0 Å². The Labute approximate surface area is 132 Å². The van der Waals surface area contributed by atoms with Crippen LogP contribution in [0.15, 0.2) is 40.1 Å². The van der Waals surface area contributed by atoms with Gasteiger partial charge in [-0.05, 0) is 17.7 Å². The smallest absolute Gasteiger partial charge is 0.122 e. The normalized spacial score (nSPS) is 17.7. The molecule has 0 radical (unpaired) electrons. The zero-order valence-corrected chi connectivity index (χ0v) is 12.9. The average molecular weight is 314 g/mol. The highest BCUT2D eigenvalue weighted by Gasteiger charge is 2.30. The van der Waals surface area contributed by atoms with E-state index in [4.69, 9.17) is 26.2 Å². The van der Waals surface area contributed by atoms with Crippen molar-refractivity contribution in [2.45, 2.75) is 5.25 Å². The van der Waals surface area contributed by atoms with Gasteiger partial charge in [-0.3, -0.25) is 0 Å². The zero-order valence-electron chi connectivity index (χ0n) is 12.1. The summed E-state index contributed by atoms with van der Waals surface area (Å²) in [4.78, 5) is 0. The number of thioether (sulfide) groups is 1. The summed E-state index contributed by atoms with van der Waals surface area (Å²) in [5, 5.41) is 18.4. The number of hydrogen-bond donors (Lipinski definition) is 2. The third-order valence-corrected chi connectivity index (χ3v) is 4.42. The lowest BCUT2D eigenvalue weighted by molar-refractivity contribution is 0.393. The first-order valence-electron chi connectivity index (χ1n) is 6.25. The first kappa shape index (κ1) is 15.6. The maximum absolute atomic E-state index is 9.41. The predicted octanol–water partition coefficient (Wildman–Crippen LogP) is 1.92. The van der Waals surface area contributed by atoms with Crippen LogP contribution in [0.5, 0.6) is 11.5 Å². The van der Waals surface area contributed by atoms with E-state index in [2.05, 4.69) is 6.07 Å². The minimum atomic E-state index is -0.411. The number of ether oxygens (including phenoxy) is 2. The fraction of sp³-hybridized carbons (Fsp3) is 0.200. The van der Waals surface area contributed by atoms with E-state index in [9.17, 15) is 5.26 Å². The molecule has 1 aromatic rings. The van der Waals surface area contributed by atoms with Crippen LogP contribution in [-0.4, -0.2) is 14.2 Å². The van der Waals surface area contributed by atoms with Crippen molar-refractivity contribution in [1.82, 2.24) is 0 Å². The number of hydrogen-bond acceptors (Lipinski definition) is 7. The summed E-state index contributed by atoms with van der Waals surface area (Å²) in [6.07, 6.45) is 0. The second-order valence-electron chi connectivity index (χ2n) is 4.43. The van der Waals surface area contributed by atoms with E-state index < -0.39 is 5.25 Å². The highest BCUT2D eigenvalue weighted by atomic mass is 32.2. The van der Waals surface area contributed by atoms with E-state index in [-0.39, 0.29) is 11.3 Å². The van der Waals surface area contributed by atoms with E-state index in [1.165, 1.54) is 11.8 Å². The molecule has 6 nitrogen and oxygen atoms in total. The molecule has 1 aliphatic rings. The summed E-state index contributed by atoms with van der Waals surface area (Å²) < 4.78 is 10.5. The summed E-state index contributed by atoms with van der Waals surface area (Å²) in [5.41, 5.74) is 13.2. The van der Waals surface area contributed by atoms with Crippen molar-refractivity contribution < 1.29 is 9.47 Å². The summed E-state index contributed by atoms with van der Waals surface area (Å²) in [6.45, 7) is 0. The number of rotatable bonds is 3. The first-order chi connectivity index (χ1) is 10.5. The Hall–Kier alpha value is -2.77. The van der Waals surface area contributed by atoms with Gasteiger partial charge in [-0.25, -0.2) is 0 Å². The summed E-state index contributed by atoms with van der Waals surface area (Å²) in [7, 11) is 3.09. The topological polar surface area (TPSA) is 118 Å². The number of benzene rings is 1. The van der Waals surface area contributed by atoms with Gasteiger partial charge in [0, 0.05) is 6.07 Å². The quantitative estimate of drug-likeness (QED) is 0.874. The third kappa shape index (κ3) is 2.67. The van der Waals surface area contributed by atoms with Gasteiger partial charge in [0.15, 0.2) is 0 Å². The van der Waals surface area contributed by atoms with Crippen LogP contribution >= 0.6 is 11.8 Å². The van der Waals surface area contributed by atoms with Crippen LogP contribution < -0.4 is 20.9 Å². The van der Waals surface area contributed by atoms with Crippen molar-refractivity contribution in [2.24, 2.45) is 11.5 Å². The molecule has 0 unspecified atom stereocenters. The van der Waals surface area contributed by atoms with Crippen molar-refractivity contribution in [3.05, 3.63) is 45.6 Å². The highest BCUT2D eigenvalue weighted by molar-refractivity contribution is 8.03. The Kier molecular flexibility index (Phi) is 4.50. The van der Waals surface area contributed by atoms with Crippen LogP contribution in [0.1, 0.15) is 10.8 Å². The lowest BCUT2D eigenvalue weighted by Crippen LogP contribution is -2.18. The molecule has 1 aromatic carbocycles. The number of nitrogens with two attached hydrogens (primary N) is 2. The molecule has 0 saturated carbocycles. The predicted molar refractivity (Wildman–Crippen MR) is 83.5 cm³/mol. The van der Waals surface area contributed by atoms with E-state index in [1.807, 2.05) is 6.07 Å². The van der Waals surface area contributed by atoms with Gasteiger partial charge >= 0.3 is 0 Å². The van der Waals surface area contributed by atoms with Gasteiger partial charge < -0.3 is 20.9 Å². The molecule has 2 rings (SSSR count). The number of methoxy groups -OCH3 is 2.